The molecule has 4 rings (SSSR count). The molecule has 2 aliphatic carbocycles. The number of nitrogens with zero attached hydrogens (tertiary/aromatic N) is 1. The Labute approximate surface area is 148 Å². The highest BCUT2D eigenvalue weighted by Gasteiger charge is 2.53. The Balaban J connectivity index is 1.75. The van der Waals surface area contributed by atoms with Crippen LogP contribution in [0.15, 0.2) is 18.2 Å². The topological polar surface area (TPSA) is 54.5 Å². The Morgan fingerprint density at radius 1 is 1.00 bits per heavy atom. The van der Waals surface area contributed by atoms with Crippen molar-refractivity contribution >= 4 is 23.2 Å². The lowest BCUT2D eigenvalue weighted by atomic mass is 9.77. The van der Waals surface area contributed by atoms with E-state index >= 15 is 0 Å². The zero-order valence-electron chi connectivity index (χ0n) is 14.8. The summed E-state index contributed by atoms with van der Waals surface area (Å²) in [4.78, 5) is 39.3. The number of carbonyl (C=O) groups is 3. The lowest BCUT2D eigenvalue weighted by molar-refractivity contribution is -0.138. The average Bonchev–Trinajstić information content (AvgIpc) is 3.18. The molecule has 132 valence electrons. The van der Waals surface area contributed by atoms with E-state index in [0.29, 0.717) is 0 Å². The molecule has 0 aromatic heterocycles. The molecule has 4 heteroatoms. The molecule has 2 atom stereocenters. The van der Waals surface area contributed by atoms with E-state index in [1.165, 1.54) is 24.5 Å². The Morgan fingerprint density at radius 3 is 2.44 bits per heavy atom. The highest BCUT2D eigenvalue weighted by molar-refractivity contribution is 6.48. The third-order valence-electron chi connectivity index (χ3n) is 6.28. The van der Waals surface area contributed by atoms with Gasteiger partial charge in [-0.3, -0.25) is 14.4 Å². The van der Waals surface area contributed by atoms with Crippen LogP contribution in [-0.2, 0) is 27.2 Å². The lowest BCUT2D eigenvalue weighted by Crippen LogP contribution is -2.43. The van der Waals surface area contributed by atoms with E-state index in [2.05, 4.69) is 12.1 Å². The standard InChI is InChI=1S/C21H25NO3/c1-13(23)18-19(15-6-3-2-4-7-15)22(21(25)20(18)24)17-11-10-14-8-5-9-16(14)12-17/h10-12,15,18-19H,2-9H2,1H3. The van der Waals surface area contributed by atoms with Crippen LogP contribution in [0.2, 0.25) is 0 Å². The predicted molar refractivity (Wildman–Crippen MR) is 95.5 cm³/mol. The fourth-order valence-electron chi connectivity index (χ4n) is 5.07. The normalized spacial score (nSPS) is 27.0. The first-order valence-electron chi connectivity index (χ1n) is 9.57. The van der Waals surface area contributed by atoms with Gasteiger partial charge in [-0.1, -0.05) is 25.3 Å². The zero-order chi connectivity index (χ0) is 17.6. The third-order valence-corrected chi connectivity index (χ3v) is 6.28. The molecule has 1 aromatic carbocycles. The first kappa shape index (κ1) is 16.5. The van der Waals surface area contributed by atoms with Crippen LogP contribution in [0.5, 0.6) is 0 Å². The van der Waals surface area contributed by atoms with Gasteiger partial charge in [0.2, 0.25) is 5.78 Å². The molecule has 3 aliphatic rings. The number of Topliss-reactive ketones (excluding diaryl/α,β-unsaturated/α-hetero) is 2. The maximum atomic E-state index is 12.8. The van der Waals surface area contributed by atoms with E-state index in [4.69, 9.17) is 0 Å². The molecule has 1 amide bonds. The van der Waals surface area contributed by atoms with Crippen molar-refractivity contribution in [3.05, 3.63) is 29.3 Å². The zero-order valence-corrected chi connectivity index (χ0v) is 14.8. The van der Waals surface area contributed by atoms with Crippen LogP contribution >= 0.6 is 0 Å². The fourth-order valence-corrected chi connectivity index (χ4v) is 5.07. The maximum absolute atomic E-state index is 12.8. The Bertz CT molecular complexity index is 733. The molecular weight excluding hydrogens is 314 g/mol. The van der Waals surface area contributed by atoms with Gasteiger partial charge in [0.1, 0.15) is 11.7 Å². The highest BCUT2D eigenvalue weighted by Crippen LogP contribution is 2.40. The average molecular weight is 339 g/mol. The summed E-state index contributed by atoms with van der Waals surface area (Å²) in [5.74, 6) is -1.72. The van der Waals surface area contributed by atoms with Crippen molar-refractivity contribution in [3.8, 4) is 0 Å². The van der Waals surface area contributed by atoms with Crippen molar-refractivity contribution < 1.29 is 14.4 Å². The van der Waals surface area contributed by atoms with Crippen LogP contribution in [0.4, 0.5) is 5.69 Å². The summed E-state index contributed by atoms with van der Waals surface area (Å²) in [6.45, 7) is 1.46. The summed E-state index contributed by atoms with van der Waals surface area (Å²) in [6.07, 6.45) is 8.70. The van der Waals surface area contributed by atoms with Crippen molar-refractivity contribution in [2.75, 3.05) is 4.90 Å². The molecule has 1 aliphatic heterocycles. The Hall–Kier alpha value is -1.97. The monoisotopic (exact) mass is 339 g/mol. The molecule has 2 fully saturated rings. The number of anilines is 1. The fraction of sp³-hybridized carbons (Fsp3) is 0.571. The van der Waals surface area contributed by atoms with Gasteiger partial charge in [-0.25, -0.2) is 0 Å². The number of benzene rings is 1. The molecule has 1 aromatic rings. The highest BCUT2D eigenvalue weighted by atomic mass is 16.2. The van der Waals surface area contributed by atoms with Gasteiger partial charge in [0.25, 0.3) is 5.91 Å². The summed E-state index contributed by atoms with van der Waals surface area (Å²) in [7, 11) is 0. The van der Waals surface area contributed by atoms with Crippen LogP contribution in [-0.4, -0.2) is 23.5 Å². The van der Waals surface area contributed by atoms with Crippen molar-refractivity contribution in [1.29, 1.82) is 0 Å². The molecule has 1 heterocycles. The Morgan fingerprint density at radius 2 is 1.72 bits per heavy atom. The molecule has 25 heavy (non-hydrogen) atoms. The van der Waals surface area contributed by atoms with Gasteiger partial charge in [0.05, 0.1) is 6.04 Å². The molecule has 2 unspecified atom stereocenters. The van der Waals surface area contributed by atoms with E-state index in [-0.39, 0.29) is 17.7 Å². The van der Waals surface area contributed by atoms with Crippen molar-refractivity contribution in [2.45, 2.75) is 64.3 Å². The largest absolute Gasteiger partial charge is 0.301 e. The third kappa shape index (κ3) is 2.72. The minimum absolute atomic E-state index is 0.169. The van der Waals surface area contributed by atoms with E-state index in [0.717, 1.165) is 50.6 Å². The molecule has 4 nitrogen and oxygen atoms in total. The molecule has 0 N–H and O–H groups in total. The first-order valence-corrected chi connectivity index (χ1v) is 9.57. The van der Waals surface area contributed by atoms with E-state index in [9.17, 15) is 14.4 Å². The van der Waals surface area contributed by atoms with Gasteiger partial charge in [-0.15, -0.1) is 0 Å². The van der Waals surface area contributed by atoms with Gasteiger partial charge in [0, 0.05) is 5.69 Å². The number of hydrogen-bond donors (Lipinski definition) is 0. The first-order chi connectivity index (χ1) is 12.1. The van der Waals surface area contributed by atoms with E-state index in [1.807, 2.05) is 6.07 Å². The Kier molecular flexibility index (Phi) is 4.22. The number of fused-ring (bicyclic) bond motifs is 1. The molecule has 1 saturated heterocycles. The van der Waals surface area contributed by atoms with Gasteiger partial charge in [-0.2, -0.15) is 0 Å². The molecule has 0 bridgehead atoms. The predicted octanol–water partition coefficient (Wildman–Crippen LogP) is 3.25. The number of rotatable bonds is 3. The second-order valence-corrected chi connectivity index (χ2v) is 7.82. The smallest absolute Gasteiger partial charge is 0.295 e. The number of carbonyl (C=O) groups excluding carboxylic acids is 3. The van der Waals surface area contributed by atoms with Crippen LogP contribution < -0.4 is 4.90 Å². The SMILES string of the molecule is CC(=O)C1C(=O)C(=O)N(c2ccc3c(c2)CCC3)C1C1CCCCC1. The van der Waals surface area contributed by atoms with Crippen molar-refractivity contribution in [1.82, 2.24) is 0 Å². The second-order valence-electron chi connectivity index (χ2n) is 7.82. The number of amides is 1. The second kappa shape index (κ2) is 6.40. The minimum atomic E-state index is -0.788. The van der Waals surface area contributed by atoms with Gasteiger partial charge < -0.3 is 4.90 Å². The summed E-state index contributed by atoms with van der Waals surface area (Å²) in [6, 6.07) is 5.84. The van der Waals surface area contributed by atoms with Gasteiger partial charge in [-0.05, 0) is 68.2 Å². The van der Waals surface area contributed by atoms with Crippen LogP contribution in [0.25, 0.3) is 0 Å². The summed E-state index contributed by atoms with van der Waals surface area (Å²) < 4.78 is 0. The van der Waals surface area contributed by atoms with Gasteiger partial charge in [0.15, 0.2) is 0 Å². The van der Waals surface area contributed by atoms with E-state index < -0.39 is 17.6 Å². The summed E-state index contributed by atoms with van der Waals surface area (Å²) >= 11 is 0. The van der Waals surface area contributed by atoms with Crippen LogP contribution in [0.3, 0.4) is 0 Å². The van der Waals surface area contributed by atoms with Crippen molar-refractivity contribution in [3.63, 3.8) is 0 Å². The molecular formula is C21H25NO3. The van der Waals surface area contributed by atoms with Crippen LogP contribution in [0.1, 0.15) is 56.6 Å². The summed E-state index contributed by atoms with van der Waals surface area (Å²) in [5, 5.41) is 0. The molecule has 0 spiro atoms. The minimum Gasteiger partial charge on any atom is -0.301 e. The lowest BCUT2D eigenvalue weighted by Gasteiger charge is -2.35. The number of aryl methyl sites for hydroxylation is 2. The maximum Gasteiger partial charge on any atom is 0.295 e. The number of ketones is 2. The summed E-state index contributed by atoms with van der Waals surface area (Å²) in [5.41, 5.74) is 3.43. The number of hydrogen-bond acceptors (Lipinski definition) is 3. The van der Waals surface area contributed by atoms with Crippen molar-refractivity contribution in [2.24, 2.45) is 11.8 Å². The quantitative estimate of drug-likeness (QED) is 0.627. The van der Waals surface area contributed by atoms with Crippen LogP contribution in [0, 0.1) is 11.8 Å². The van der Waals surface area contributed by atoms with Gasteiger partial charge >= 0.3 is 0 Å². The molecule has 1 saturated carbocycles. The van der Waals surface area contributed by atoms with E-state index in [1.54, 1.807) is 4.90 Å². The molecule has 0 radical (unpaired) electrons.